The number of hydrogen-bond acceptors (Lipinski definition) is 4. The maximum atomic E-state index is 12.0. The molecule has 4 N–H and O–H groups in total. The predicted octanol–water partition coefficient (Wildman–Crippen LogP) is 3.21. The topological polar surface area (TPSA) is 84.2 Å². The number of urea groups is 1. The average Bonchev–Trinajstić information content (AvgIpc) is 3.06. The quantitative estimate of drug-likeness (QED) is 0.710. The number of amides is 3. The van der Waals surface area contributed by atoms with E-state index in [4.69, 9.17) is 5.73 Å². The Kier molecular flexibility index (Phi) is 6.73. The smallest absolute Gasteiger partial charge is 0.318 e. The first-order chi connectivity index (χ1) is 11.9. The molecule has 0 bridgehead atoms. The Hall–Kier alpha value is -2.18. The van der Waals surface area contributed by atoms with E-state index in [2.05, 4.69) is 48.7 Å². The van der Waals surface area contributed by atoms with Gasteiger partial charge in [0.2, 0.25) is 5.91 Å². The maximum absolute atomic E-state index is 12.0. The van der Waals surface area contributed by atoms with Gasteiger partial charge in [0.05, 0.1) is 12.1 Å². The third kappa shape index (κ3) is 5.69. The van der Waals surface area contributed by atoms with Crippen LogP contribution in [0.1, 0.15) is 42.8 Å². The highest BCUT2D eigenvalue weighted by molar-refractivity contribution is 7.10. The van der Waals surface area contributed by atoms with Crippen LogP contribution in [0.5, 0.6) is 0 Å². The highest BCUT2D eigenvalue weighted by Crippen LogP contribution is 2.27. The van der Waals surface area contributed by atoms with Gasteiger partial charge < -0.3 is 5.73 Å². The van der Waals surface area contributed by atoms with Gasteiger partial charge in [-0.3, -0.25) is 15.4 Å². The van der Waals surface area contributed by atoms with Crippen molar-refractivity contribution in [2.24, 2.45) is 11.7 Å². The molecule has 0 aliphatic heterocycles. The van der Waals surface area contributed by atoms with E-state index in [1.807, 2.05) is 17.5 Å². The zero-order valence-electron chi connectivity index (χ0n) is 14.8. The fraction of sp³-hybridized carbons (Fsp3) is 0.368. The number of benzene rings is 1. The summed E-state index contributed by atoms with van der Waals surface area (Å²) in [6.07, 6.45) is 1.04. The van der Waals surface area contributed by atoms with Gasteiger partial charge in [-0.1, -0.05) is 44.2 Å². The van der Waals surface area contributed by atoms with Crippen molar-refractivity contribution < 1.29 is 9.59 Å². The molecule has 1 aromatic carbocycles. The summed E-state index contributed by atoms with van der Waals surface area (Å²) in [5, 5.41) is 7.41. The monoisotopic (exact) mass is 359 g/mol. The van der Waals surface area contributed by atoms with Crippen molar-refractivity contribution >= 4 is 23.3 Å². The first-order valence-corrected chi connectivity index (χ1v) is 9.23. The van der Waals surface area contributed by atoms with Crippen molar-refractivity contribution in [2.45, 2.75) is 39.3 Å². The second-order valence-corrected chi connectivity index (χ2v) is 7.51. The molecule has 2 rings (SSSR count). The minimum absolute atomic E-state index is 0.123. The molecule has 6 heteroatoms. The molecule has 1 aromatic heterocycles. The van der Waals surface area contributed by atoms with Crippen LogP contribution in [-0.2, 0) is 11.2 Å². The number of rotatable bonds is 7. The van der Waals surface area contributed by atoms with Crippen LogP contribution in [-0.4, -0.2) is 18.0 Å². The van der Waals surface area contributed by atoms with Crippen LogP contribution in [0.2, 0.25) is 0 Å². The normalized spacial score (nSPS) is 13.4. The maximum Gasteiger partial charge on any atom is 0.318 e. The molecule has 0 unspecified atom stereocenters. The fourth-order valence-electron chi connectivity index (χ4n) is 2.67. The van der Waals surface area contributed by atoms with Gasteiger partial charge in [-0.05, 0) is 41.8 Å². The SMILES string of the molecule is CC(C)Cc1ccc([C@H](N[C@H](C)C(=O)NC(N)=O)c2cccs2)cc1. The van der Waals surface area contributed by atoms with Gasteiger partial charge in [0.25, 0.3) is 0 Å². The Labute approximate surface area is 152 Å². The van der Waals surface area contributed by atoms with E-state index in [1.165, 1.54) is 5.56 Å². The summed E-state index contributed by atoms with van der Waals surface area (Å²) in [6, 6.07) is 10.9. The summed E-state index contributed by atoms with van der Waals surface area (Å²) in [4.78, 5) is 24.0. The Bertz CT molecular complexity index is 696. The highest BCUT2D eigenvalue weighted by atomic mass is 32.1. The molecule has 0 aliphatic carbocycles. The number of thiophene rings is 1. The molecule has 0 fully saturated rings. The number of nitrogens with one attached hydrogen (secondary N) is 2. The second-order valence-electron chi connectivity index (χ2n) is 6.53. The lowest BCUT2D eigenvalue weighted by Crippen LogP contribution is -2.47. The molecule has 1 heterocycles. The fourth-order valence-corrected chi connectivity index (χ4v) is 3.48. The first kappa shape index (κ1) is 19.1. The number of primary amides is 1. The van der Waals surface area contributed by atoms with Gasteiger partial charge in [0.1, 0.15) is 0 Å². The zero-order chi connectivity index (χ0) is 18.4. The minimum Gasteiger partial charge on any atom is -0.351 e. The number of imide groups is 1. The van der Waals surface area contributed by atoms with Gasteiger partial charge in [-0.15, -0.1) is 11.3 Å². The molecule has 5 nitrogen and oxygen atoms in total. The lowest BCUT2D eigenvalue weighted by atomic mass is 9.98. The van der Waals surface area contributed by atoms with Gasteiger partial charge in [-0.25, -0.2) is 4.79 Å². The van der Waals surface area contributed by atoms with E-state index in [1.54, 1.807) is 18.3 Å². The standard InChI is InChI=1S/C19H25N3O2S/c1-12(2)11-14-6-8-15(9-7-14)17(16-5-4-10-25-16)21-13(3)18(23)22-19(20)24/h4-10,12-13,17,21H,11H2,1-3H3,(H3,20,22,23,24)/t13-,17+/m1/s1. The Morgan fingerprint density at radius 2 is 1.80 bits per heavy atom. The largest absolute Gasteiger partial charge is 0.351 e. The van der Waals surface area contributed by atoms with E-state index in [9.17, 15) is 9.59 Å². The summed E-state index contributed by atoms with van der Waals surface area (Å²) in [5.41, 5.74) is 7.40. The van der Waals surface area contributed by atoms with Crippen LogP contribution in [0.25, 0.3) is 0 Å². The molecular formula is C19H25N3O2S. The predicted molar refractivity (Wildman–Crippen MR) is 101 cm³/mol. The lowest BCUT2D eigenvalue weighted by Gasteiger charge is -2.22. The van der Waals surface area contributed by atoms with Crippen LogP contribution >= 0.6 is 11.3 Å². The molecule has 0 saturated heterocycles. The van der Waals surface area contributed by atoms with Crippen LogP contribution < -0.4 is 16.4 Å². The third-order valence-electron chi connectivity index (χ3n) is 3.84. The number of hydrogen-bond donors (Lipinski definition) is 3. The van der Waals surface area contributed by atoms with Crippen LogP contribution in [0, 0.1) is 5.92 Å². The average molecular weight is 359 g/mol. The van der Waals surface area contributed by atoms with Gasteiger partial charge in [0, 0.05) is 4.88 Å². The summed E-state index contributed by atoms with van der Waals surface area (Å²) in [7, 11) is 0. The lowest BCUT2D eigenvalue weighted by molar-refractivity contribution is -0.121. The van der Waals surface area contributed by atoms with E-state index in [0.29, 0.717) is 5.92 Å². The molecule has 25 heavy (non-hydrogen) atoms. The van der Waals surface area contributed by atoms with Crippen molar-refractivity contribution in [3.8, 4) is 0 Å². The van der Waals surface area contributed by atoms with Crippen LogP contribution in [0.4, 0.5) is 4.79 Å². The molecule has 134 valence electrons. The van der Waals surface area contributed by atoms with Crippen molar-refractivity contribution in [1.82, 2.24) is 10.6 Å². The number of carbonyl (C=O) groups excluding carboxylic acids is 2. The molecule has 0 saturated carbocycles. The molecular weight excluding hydrogens is 334 g/mol. The van der Waals surface area contributed by atoms with E-state index < -0.39 is 18.0 Å². The van der Waals surface area contributed by atoms with Crippen molar-refractivity contribution in [2.75, 3.05) is 0 Å². The van der Waals surface area contributed by atoms with Gasteiger partial charge >= 0.3 is 6.03 Å². The summed E-state index contributed by atoms with van der Waals surface area (Å²) in [5.74, 6) is 0.167. The van der Waals surface area contributed by atoms with Crippen LogP contribution in [0.3, 0.4) is 0 Å². The Morgan fingerprint density at radius 3 is 2.32 bits per heavy atom. The molecule has 2 aromatic rings. The van der Waals surface area contributed by atoms with Gasteiger partial charge in [-0.2, -0.15) is 0 Å². The van der Waals surface area contributed by atoms with Crippen molar-refractivity contribution in [3.05, 3.63) is 57.8 Å². The van der Waals surface area contributed by atoms with E-state index >= 15 is 0 Å². The number of carbonyl (C=O) groups is 2. The van der Waals surface area contributed by atoms with E-state index in [0.717, 1.165) is 16.9 Å². The second kappa shape index (κ2) is 8.78. The molecule has 0 spiro atoms. The molecule has 0 aliphatic rings. The minimum atomic E-state index is -0.843. The van der Waals surface area contributed by atoms with Crippen LogP contribution in [0.15, 0.2) is 41.8 Å². The Morgan fingerprint density at radius 1 is 1.12 bits per heavy atom. The summed E-state index contributed by atoms with van der Waals surface area (Å²) >= 11 is 1.62. The zero-order valence-corrected chi connectivity index (χ0v) is 15.6. The molecule has 2 atom stereocenters. The Balaban J connectivity index is 2.19. The summed E-state index contributed by atoms with van der Waals surface area (Å²) in [6.45, 7) is 6.11. The molecule has 3 amide bonds. The van der Waals surface area contributed by atoms with E-state index in [-0.39, 0.29) is 6.04 Å². The van der Waals surface area contributed by atoms with Crippen molar-refractivity contribution in [1.29, 1.82) is 0 Å². The molecule has 0 radical (unpaired) electrons. The first-order valence-electron chi connectivity index (χ1n) is 8.35. The van der Waals surface area contributed by atoms with Gasteiger partial charge in [0.15, 0.2) is 0 Å². The summed E-state index contributed by atoms with van der Waals surface area (Å²) < 4.78 is 0. The van der Waals surface area contributed by atoms with Crippen molar-refractivity contribution in [3.63, 3.8) is 0 Å². The highest BCUT2D eigenvalue weighted by Gasteiger charge is 2.22. The number of nitrogens with two attached hydrogens (primary N) is 1. The third-order valence-corrected chi connectivity index (χ3v) is 4.78.